The molecule has 0 atom stereocenters. The van der Waals surface area contributed by atoms with Crippen molar-refractivity contribution in [2.45, 2.75) is 12.8 Å². The number of nitrogens with one attached hydrogen (secondary N) is 1. The number of amides is 1. The number of carbonyl (C=O) groups is 1. The van der Waals surface area contributed by atoms with Crippen molar-refractivity contribution in [2.24, 2.45) is 0 Å². The molecule has 0 spiro atoms. The molecule has 2 aromatic heterocycles. The molecule has 0 saturated heterocycles. The number of hydrogen-bond donors (Lipinski definition) is 2. The van der Waals surface area contributed by atoms with Crippen LogP contribution < -0.4 is 11.2 Å². The first-order valence-corrected chi connectivity index (χ1v) is 4.65. The standard InChI is InChI=1S/C9H9N5O/c10-14-3-5-1-2-6(15)13-8-7(5)9(14)12-4-11-8/h3-4H,1-2,10H2,(H,11,12,13,15). The number of nitrogens with two attached hydrogens (primary N) is 1. The first-order valence-electron chi connectivity index (χ1n) is 4.65. The van der Waals surface area contributed by atoms with E-state index < -0.39 is 0 Å². The second kappa shape index (κ2) is 2.69. The second-order valence-corrected chi connectivity index (χ2v) is 3.53. The third-order valence-electron chi connectivity index (χ3n) is 2.57. The summed E-state index contributed by atoms with van der Waals surface area (Å²) in [6, 6.07) is 0. The van der Waals surface area contributed by atoms with Crippen LogP contribution in [-0.2, 0) is 11.2 Å². The van der Waals surface area contributed by atoms with Crippen LogP contribution in [0.5, 0.6) is 0 Å². The van der Waals surface area contributed by atoms with Crippen molar-refractivity contribution in [3.63, 3.8) is 0 Å². The Bertz CT molecular complexity index is 559. The van der Waals surface area contributed by atoms with Crippen LogP contribution in [0.25, 0.3) is 11.0 Å². The molecular weight excluding hydrogens is 194 g/mol. The highest BCUT2D eigenvalue weighted by molar-refractivity contribution is 6.02. The Kier molecular flexibility index (Phi) is 1.47. The van der Waals surface area contributed by atoms with Crippen LogP contribution in [0.2, 0.25) is 0 Å². The van der Waals surface area contributed by atoms with Gasteiger partial charge in [0.2, 0.25) is 5.91 Å². The first kappa shape index (κ1) is 8.22. The lowest BCUT2D eigenvalue weighted by molar-refractivity contribution is -0.116. The molecule has 6 heteroatoms. The van der Waals surface area contributed by atoms with Crippen molar-refractivity contribution in [3.8, 4) is 0 Å². The van der Waals surface area contributed by atoms with E-state index in [1.165, 1.54) is 11.0 Å². The molecule has 3 rings (SSSR count). The summed E-state index contributed by atoms with van der Waals surface area (Å²) in [5.74, 6) is 6.29. The lowest BCUT2D eigenvalue weighted by Gasteiger charge is -2.01. The highest BCUT2D eigenvalue weighted by Gasteiger charge is 2.19. The number of nitrogens with zero attached hydrogens (tertiary/aromatic N) is 3. The van der Waals surface area contributed by atoms with Crippen molar-refractivity contribution < 1.29 is 4.79 Å². The summed E-state index contributed by atoms with van der Waals surface area (Å²) < 4.78 is 1.47. The number of hydrogen-bond acceptors (Lipinski definition) is 4. The van der Waals surface area contributed by atoms with Crippen molar-refractivity contribution in [1.29, 1.82) is 0 Å². The second-order valence-electron chi connectivity index (χ2n) is 3.53. The molecule has 1 amide bonds. The highest BCUT2D eigenvalue weighted by Crippen LogP contribution is 2.27. The van der Waals surface area contributed by atoms with Crippen molar-refractivity contribution in [3.05, 3.63) is 18.1 Å². The van der Waals surface area contributed by atoms with Gasteiger partial charge in [0.1, 0.15) is 12.1 Å². The zero-order chi connectivity index (χ0) is 10.4. The quantitative estimate of drug-likeness (QED) is 0.591. The highest BCUT2D eigenvalue weighted by atomic mass is 16.1. The first-order chi connectivity index (χ1) is 7.25. The van der Waals surface area contributed by atoms with E-state index in [0.717, 1.165) is 10.9 Å². The van der Waals surface area contributed by atoms with Gasteiger partial charge in [0, 0.05) is 12.6 Å². The minimum atomic E-state index is -0.0187. The predicted molar refractivity (Wildman–Crippen MR) is 54.6 cm³/mol. The van der Waals surface area contributed by atoms with E-state index in [2.05, 4.69) is 15.3 Å². The van der Waals surface area contributed by atoms with Crippen molar-refractivity contribution in [1.82, 2.24) is 14.6 Å². The third-order valence-corrected chi connectivity index (χ3v) is 2.57. The van der Waals surface area contributed by atoms with Gasteiger partial charge >= 0.3 is 0 Å². The molecule has 0 unspecified atom stereocenters. The van der Waals surface area contributed by atoms with Crippen LogP contribution in [0.4, 0.5) is 5.82 Å². The largest absolute Gasteiger partial charge is 0.338 e. The fourth-order valence-corrected chi connectivity index (χ4v) is 1.89. The van der Waals surface area contributed by atoms with Gasteiger partial charge in [0.25, 0.3) is 0 Å². The van der Waals surface area contributed by atoms with Crippen LogP contribution in [0, 0.1) is 0 Å². The zero-order valence-corrected chi connectivity index (χ0v) is 7.90. The summed E-state index contributed by atoms with van der Waals surface area (Å²) in [7, 11) is 0. The van der Waals surface area contributed by atoms with Crippen LogP contribution >= 0.6 is 0 Å². The van der Waals surface area contributed by atoms with Gasteiger partial charge in [-0.15, -0.1) is 0 Å². The molecule has 0 bridgehead atoms. The Labute approximate surface area is 85.1 Å². The predicted octanol–water partition coefficient (Wildman–Crippen LogP) is 0.0298. The number of aryl methyl sites for hydroxylation is 1. The van der Waals surface area contributed by atoms with Crippen molar-refractivity contribution in [2.75, 3.05) is 11.2 Å². The molecular formula is C9H9N5O. The number of nitrogen functional groups attached to an aromatic ring is 1. The molecule has 3 heterocycles. The van der Waals surface area contributed by atoms with E-state index in [0.29, 0.717) is 24.3 Å². The summed E-state index contributed by atoms with van der Waals surface area (Å²) in [5.41, 5.74) is 1.67. The van der Waals surface area contributed by atoms with Gasteiger partial charge in [-0.1, -0.05) is 0 Å². The maximum atomic E-state index is 11.4. The molecule has 1 aliphatic rings. The summed E-state index contributed by atoms with van der Waals surface area (Å²) in [6.45, 7) is 0. The molecule has 6 nitrogen and oxygen atoms in total. The third kappa shape index (κ3) is 1.08. The zero-order valence-electron chi connectivity index (χ0n) is 7.90. The Morgan fingerprint density at radius 1 is 1.40 bits per heavy atom. The lowest BCUT2D eigenvalue weighted by atomic mass is 10.1. The number of rotatable bonds is 0. The summed E-state index contributed by atoms with van der Waals surface area (Å²) in [6.07, 6.45) is 4.32. The number of anilines is 1. The lowest BCUT2D eigenvalue weighted by Crippen LogP contribution is -2.12. The van der Waals surface area contributed by atoms with Crippen molar-refractivity contribution >= 4 is 22.8 Å². The normalized spacial score (nSPS) is 15.1. The molecule has 0 radical (unpaired) electrons. The molecule has 1 aliphatic heterocycles. The van der Waals surface area contributed by atoms with Crippen LogP contribution in [0.1, 0.15) is 12.0 Å². The summed E-state index contributed by atoms with van der Waals surface area (Å²) in [4.78, 5) is 19.5. The Hall–Kier alpha value is -2.11. The van der Waals surface area contributed by atoms with Gasteiger partial charge in [-0.2, -0.15) is 0 Å². The average molecular weight is 203 g/mol. The molecule has 76 valence electrons. The monoisotopic (exact) mass is 203 g/mol. The number of carbonyl (C=O) groups excluding carboxylic acids is 1. The molecule has 0 saturated carbocycles. The molecule has 15 heavy (non-hydrogen) atoms. The minimum Gasteiger partial charge on any atom is -0.338 e. The Morgan fingerprint density at radius 3 is 3.13 bits per heavy atom. The van der Waals surface area contributed by atoms with Gasteiger partial charge < -0.3 is 11.2 Å². The maximum absolute atomic E-state index is 11.4. The van der Waals surface area contributed by atoms with Gasteiger partial charge in [0.15, 0.2) is 5.65 Å². The van der Waals surface area contributed by atoms with Gasteiger partial charge in [-0.3, -0.25) is 9.47 Å². The average Bonchev–Trinajstić information content (AvgIpc) is 2.45. The summed E-state index contributed by atoms with van der Waals surface area (Å²) >= 11 is 0. The minimum absolute atomic E-state index is 0.0187. The fourth-order valence-electron chi connectivity index (χ4n) is 1.89. The van der Waals surface area contributed by atoms with Gasteiger partial charge in [-0.05, 0) is 12.0 Å². The van der Waals surface area contributed by atoms with Gasteiger partial charge in [0.05, 0.1) is 5.39 Å². The Balaban J connectivity index is 2.39. The van der Waals surface area contributed by atoms with E-state index >= 15 is 0 Å². The maximum Gasteiger partial charge on any atom is 0.225 e. The van der Waals surface area contributed by atoms with E-state index in [1.54, 1.807) is 6.20 Å². The van der Waals surface area contributed by atoms with E-state index in [9.17, 15) is 4.79 Å². The topological polar surface area (TPSA) is 85.8 Å². The molecule has 0 fully saturated rings. The Morgan fingerprint density at radius 2 is 2.27 bits per heavy atom. The molecule has 3 N–H and O–H groups in total. The van der Waals surface area contributed by atoms with E-state index in [4.69, 9.17) is 5.84 Å². The summed E-state index contributed by atoms with van der Waals surface area (Å²) in [5, 5.41) is 3.59. The van der Waals surface area contributed by atoms with E-state index in [1.807, 2.05) is 0 Å². The van der Waals surface area contributed by atoms with Crippen LogP contribution in [-0.4, -0.2) is 20.6 Å². The molecule has 2 aromatic rings. The molecule has 0 aliphatic carbocycles. The fraction of sp³-hybridized carbons (Fsp3) is 0.222. The smallest absolute Gasteiger partial charge is 0.225 e. The van der Waals surface area contributed by atoms with Crippen LogP contribution in [0.3, 0.4) is 0 Å². The number of aromatic nitrogens is 3. The van der Waals surface area contributed by atoms with E-state index in [-0.39, 0.29) is 5.91 Å². The van der Waals surface area contributed by atoms with Gasteiger partial charge in [-0.25, -0.2) is 9.97 Å². The molecule has 0 aromatic carbocycles. The SMILES string of the molecule is Nn1cc2c3c(ncnc31)NC(=O)CC2. The van der Waals surface area contributed by atoms with Crippen LogP contribution in [0.15, 0.2) is 12.5 Å².